The van der Waals surface area contributed by atoms with Gasteiger partial charge in [0.1, 0.15) is 0 Å². The van der Waals surface area contributed by atoms with Gasteiger partial charge in [0.2, 0.25) is 6.17 Å². The summed E-state index contributed by atoms with van der Waals surface area (Å²) in [5, 5.41) is 2.10. The molecule has 0 bridgehead atoms. The molecule has 84 valence electrons. The molecule has 1 unspecified atom stereocenters. The monoisotopic (exact) mass is 222 g/mol. The number of rotatable bonds is 1. The molecule has 1 aromatic carbocycles. The number of amides is 2. The summed E-state index contributed by atoms with van der Waals surface area (Å²) < 4.78 is 13.8. The SMILES string of the molecule is CN(C)N1C(=O)c2ccccc2C(F)C1=O. The molecule has 0 saturated carbocycles. The molecule has 0 radical (unpaired) electrons. The fourth-order valence-corrected chi connectivity index (χ4v) is 1.75. The molecular formula is C11H11FN2O2. The molecule has 16 heavy (non-hydrogen) atoms. The number of alkyl halides is 1. The van der Waals surface area contributed by atoms with Gasteiger partial charge in [-0.05, 0) is 6.07 Å². The number of hydrazine groups is 1. The summed E-state index contributed by atoms with van der Waals surface area (Å²) in [4.78, 5) is 23.5. The van der Waals surface area contributed by atoms with Crippen LogP contribution >= 0.6 is 0 Å². The van der Waals surface area contributed by atoms with Gasteiger partial charge in [0.15, 0.2) is 0 Å². The Labute approximate surface area is 92.2 Å². The van der Waals surface area contributed by atoms with Crippen molar-refractivity contribution < 1.29 is 14.0 Å². The minimum atomic E-state index is -1.77. The summed E-state index contributed by atoms with van der Waals surface area (Å²) in [5.74, 6) is -1.33. The van der Waals surface area contributed by atoms with E-state index in [0.717, 1.165) is 5.01 Å². The lowest BCUT2D eigenvalue weighted by Crippen LogP contribution is -2.50. The van der Waals surface area contributed by atoms with E-state index < -0.39 is 18.0 Å². The molecule has 0 aromatic heterocycles. The maximum atomic E-state index is 13.8. The van der Waals surface area contributed by atoms with Gasteiger partial charge >= 0.3 is 0 Å². The van der Waals surface area contributed by atoms with Crippen molar-refractivity contribution in [1.82, 2.24) is 10.0 Å². The van der Waals surface area contributed by atoms with Gasteiger partial charge in [-0.3, -0.25) is 9.59 Å². The van der Waals surface area contributed by atoms with Gasteiger partial charge in [-0.1, -0.05) is 18.2 Å². The maximum absolute atomic E-state index is 13.8. The third-order valence-electron chi connectivity index (χ3n) is 2.48. The van der Waals surface area contributed by atoms with E-state index in [4.69, 9.17) is 0 Å². The third-order valence-corrected chi connectivity index (χ3v) is 2.48. The van der Waals surface area contributed by atoms with Crippen LogP contribution in [0.1, 0.15) is 22.1 Å². The zero-order valence-corrected chi connectivity index (χ0v) is 8.98. The molecular weight excluding hydrogens is 211 g/mol. The normalized spacial score (nSPS) is 20.2. The Bertz CT molecular complexity index is 459. The topological polar surface area (TPSA) is 40.6 Å². The summed E-state index contributed by atoms with van der Waals surface area (Å²) >= 11 is 0. The van der Waals surface area contributed by atoms with Gasteiger partial charge in [-0.2, -0.15) is 0 Å². The lowest BCUT2D eigenvalue weighted by molar-refractivity contribution is -0.145. The van der Waals surface area contributed by atoms with Crippen LogP contribution in [-0.4, -0.2) is 35.9 Å². The van der Waals surface area contributed by atoms with Crippen LogP contribution in [0.15, 0.2) is 24.3 Å². The van der Waals surface area contributed by atoms with E-state index >= 15 is 0 Å². The Morgan fingerprint density at radius 2 is 1.88 bits per heavy atom. The van der Waals surface area contributed by atoms with Crippen LogP contribution in [0.4, 0.5) is 4.39 Å². The average Bonchev–Trinajstić information content (AvgIpc) is 2.26. The number of carbonyl (C=O) groups is 2. The second kappa shape index (κ2) is 3.68. The lowest BCUT2D eigenvalue weighted by atomic mass is 9.98. The van der Waals surface area contributed by atoms with E-state index in [2.05, 4.69) is 0 Å². The van der Waals surface area contributed by atoms with E-state index in [1.807, 2.05) is 0 Å². The van der Waals surface area contributed by atoms with Crippen molar-refractivity contribution in [2.45, 2.75) is 6.17 Å². The van der Waals surface area contributed by atoms with Crippen LogP contribution in [0.3, 0.4) is 0 Å². The minimum Gasteiger partial charge on any atom is -0.269 e. The molecule has 0 spiro atoms. The van der Waals surface area contributed by atoms with Crippen molar-refractivity contribution in [1.29, 1.82) is 0 Å². The van der Waals surface area contributed by atoms with E-state index in [1.165, 1.54) is 31.2 Å². The standard InChI is InChI=1S/C11H11FN2O2/c1-13(2)14-10(15)8-6-4-3-5-7(8)9(12)11(14)16/h3-6,9H,1-2H3. The zero-order valence-electron chi connectivity index (χ0n) is 8.98. The number of hydrogen-bond donors (Lipinski definition) is 0. The van der Waals surface area contributed by atoms with Gasteiger partial charge < -0.3 is 0 Å². The average molecular weight is 222 g/mol. The quantitative estimate of drug-likeness (QED) is 0.669. The molecule has 0 fully saturated rings. The zero-order chi connectivity index (χ0) is 11.9. The Balaban J connectivity index is 2.56. The molecule has 0 aliphatic carbocycles. The summed E-state index contributed by atoms with van der Waals surface area (Å²) in [5.41, 5.74) is 0.388. The van der Waals surface area contributed by atoms with Crippen molar-refractivity contribution in [3.05, 3.63) is 35.4 Å². The second-order valence-corrected chi connectivity index (χ2v) is 3.75. The molecule has 5 heteroatoms. The van der Waals surface area contributed by atoms with E-state index in [0.29, 0.717) is 0 Å². The molecule has 2 amide bonds. The predicted octanol–water partition coefficient (Wildman–Crippen LogP) is 1.16. The van der Waals surface area contributed by atoms with Crippen molar-refractivity contribution in [3.63, 3.8) is 0 Å². The lowest BCUT2D eigenvalue weighted by Gasteiger charge is -2.32. The summed E-state index contributed by atoms with van der Waals surface area (Å²) in [6, 6.07) is 6.24. The van der Waals surface area contributed by atoms with Crippen molar-refractivity contribution in [2.24, 2.45) is 0 Å². The summed E-state index contributed by atoms with van der Waals surface area (Å²) in [6.45, 7) is 0. The molecule has 0 saturated heterocycles. The molecule has 1 heterocycles. The maximum Gasteiger partial charge on any atom is 0.283 e. The van der Waals surface area contributed by atoms with Crippen molar-refractivity contribution in [3.8, 4) is 0 Å². The van der Waals surface area contributed by atoms with Crippen LogP contribution in [0.25, 0.3) is 0 Å². The van der Waals surface area contributed by atoms with Gasteiger partial charge in [0.25, 0.3) is 11.8 Å². The van der Waals surface area contributed by atoms with Crippen LogP contribution in [-0.2, 0) is 4.79 Å². The first-order valence-corrected chi connectivity index (χ1v) is 4.82. The number of carbonyl (C=O) groups excluding carboxylic acids is 2. The summed E-state index contributed by atoms with van der Waals surface area (Å²) in [6.07, 6.45) is -1.77. The Hall–Kier alpha value is -1.75. The molecule has 1 atom stereocenters. The first kappa shape index (κ1) is 10.8. The molecule has 1 aliphatic heterocycles. The van der Waals surface area contributed by atoms with Gasteiger partial charge in [-0.25, -0.2) is 14.4 Å². The number of benzene rings is 1. The number of nitrogens with zero attached hydrogens (tertiary/aromatic N) is 2. The van der Waals surface area contributed by atoms with E-state index in [9.17, 15) is 14.0 Å². The van der Waals surface area contributed by atoms with E-state index in [1.54, 1.807) is 12.1 Å². The highest BCUT2D eigenvalue weighted by atomic mass is 19.1. The molecule has 4 nitrogen and oxygen atoms in total. The molecule has 0 N–H and O–H groups in total. The third kappa shape index (κ3) is 1.40. The highest BCUT2D eigenvalue weighted by Gasteiger charge is 2.40. The van der Waals surface area contributed by atoms with Crippen LogP contribution in [0, 0.1) is 0 Å². The predicted molar refractivity (Wildman–Crippen MR) is 55.2 cm³/mol. The Kier molecular flexibility index (Phi) is 2.47. The minimum absolute atomic E-state index is 0.149. The first-order chi connectivity index (χ1) is 7.54. The number of hydrogen-bond acceptors (Lipinski definition) is 3. The number of fused-ring (bicyclic) bond motifs is 1. The smallest absolute Gasteiger partial charge is 0.269 e. The highest BCUT2D eigenvalue weighted by Crippen LogP contribution is 2.30. The van der Waals surface area contributed by atoms with Crippen molar-refractivity contribution in [2.75, 3.05) is 14.1 Å². The summed E-state index contributed by atoms with van der Waals surface area (Å²) in [7, 11) is 3.05. The van der Waals surface area contributed by atoms with Crippen LogP contribution in [0.5, 0.6) is 0 Å². The van der Waals surface area contributed by atoms with Crippen molar-refractivity contribution >= 4 is 11.8 Å². The van der Waals surface area contributed by atoms with Crippen LogP contribution in [0.2, 0.25) is 0 Å². The molecule has 1 aliphatic rings. The first-order valence-electron chi connectivity index (χ1n) is 4.82. The Morgan fingerprint density at radius 1 is 1.25 bits per heavy atom. The largest absolute Gasteiger partial charge is 0.283 e. The second-order valence-electron chi connectivity index (χ2n) is 3.75. The Morgan fingerprint density at radius 3 is 2.50 bits per heavy atom. The van der Waals surface area contributed by atoms with E-state index in [-0.39, 0.29) is 11.1 Å². The van der Waals surface area contributed by atoms with Gasteiger partial charge in [0.05, 0.1) is 0 Å². The highest BCUT2D eigenvalue weighted by molar-refractivity contribution is 6.10. The molecule has 2 rings (SSSR count). The van der Waals surface area contributed by atoms with Crippen LogP contribution < -0.4 is 0 Å². The number of halogens is 1. The number of imide groups is 1. The fraction of sp³-hybridized carbons (Fsp3) is 0.273. The van der Waals surface area contributed by atoms with Gasteiger partial charge in [0, 0.05) is 25.2 Å². The van der Waals surface area contributed by atoms with Gasteiger partial charge in [-0.15, -0.1) is 0 Å². The fourth-order valence-electron chi connectivity index (χ4n) is 1.75. The molecule has 1 aromatic rings.